The van der Waals surface area contributed by atoms with Gasteiger partial charge in [0.1, 0.15) is 12.4 Å². The van der Waals surface area contributed by atoms with E-state index < -0.39 is 0 Å². The Bertz CT molecular complexity index is 486. The number of piperazine rings is 1. The van der Waals surface area contributed by atoms with Gasteiger partial charge in [-0.25, -0.2) is 0 Å². The first kappa shape index (κ1) is 18.8. The molecule has 6 nitrogen and oxygen atoms in total. The van der Waals surface area contributed by atoms with Crippen molar-refractivity contribution in [3.63, 3.8) is 0 Å². The summed E-state index contributed by atoms with van der Waals surface area (Å²) in [5, 5.41) is 9.22. The predicted molar refractivity (Wildman–Crippen MR) is 99.5 cm³/mol. The van der Waals surface area contributed by atoms with E-state index >= 15 is 0 Å². The first-order chi connectivity index (χ1) is 11.7. The molecule has 1 aliphatic rings. The molecule has 1 heterocycles. The highest BCUT2D eigenvalue weighted by Crippen LogP contribution is 2.32. The van der Waals surface area contributed by atoms with Crippen LogP contribution in [0.5, 0.6) is 5.75 Å². The third-order valence-electron chi connectivity index (χ3n) is 4.81. The van der Waals surface area contributed by atoms with Gasteiger partial charge in [-0.15, -0.1) is 0 Å². The molecule has 2 N–H and O–H groups in total. The number of nitrogens with one attached hydrogen (secondary N) is 1. The Labute approximate surface area is 145 Å². The van der Waals surface area contributed by atoms with Crippen molar-refractivity contribution >= 4 is 11.4 Å². The fraction of sp³-hybridized carbons (Fsp3) is 0.667. The van der Waals surface area contributed by atoms with Crippen LogP contribution in [0.15, 0.2) is 18.2 Å². The lowest BCUT2D eigenvalue weighted by molar-refractivity contribution is 0.222. The molecule has 0 aliphatic carbocycles. The molecule has 6 heteroatoms. The monoisotopic (exact) mass is 336 g/mol. The van der Waals surface area contributed by atoms with Crippen molar-refractivity contribution in [3.05, 3.63) is 18.2 Å². The van der Waals surface area contributed by atoms with Gasteiger partial charge in [-0.05, 0) is 37.8 Å². The Morgan fingerprint density at radius 1 is 1.12 bits per heavy atom. The van der Waals surface area contributed by atoms with Crippen molar-refractivity contribution in [1.82, 2.24) is 9.80 Å². The van der Waals surface area contributed by atoms with Crippen LogP contribution in [-0.2, 0) is 0 Å². The third-order valence-corrected chi connectivity index (χ3v) is 4.81. The van der Waals surface area contributed by atoms with Crippen molar-refractivity contribution in [3.8, 4) is 5.75 Å². The molecule has 1 fully saturated rings. The minimum absolute atomic E-state index is 0.676. The molecule has 24 heavy (non-hydrogen) atoms. The maximum atomic E-state index is 9.22. The number of nitrogens with zero attached hydrogens (tertiary/aromatic N) is 3. The maximum Gasteiger partial charge on any atom is 0.142 e. The number of anilines is 2. The average molecular weight is 336 g/mol. The molecule has 0 spiro atoms. The van der Waals surface area contributed by atoms with Gasteiger partial charge in [0.05, 0.1) is 11.4 Å². The zero-order chi connectivity index (χ0) is 17.4. The van der Waals surface area contributed by atoms with Gasteiger partial charge in [-0.3, -0.25) is 10.7 Å². The van der Waals surface area contributed by atoms with E-state index in [4.69, 9.17) is 4.74 Å². The zero-order valence-corrected chi connectivity index (χ0v) is 15.3. The SMILES string of the molecule is CCN(CC)CCOc1ccc(NO)cc1N1CCN(CC)CC1. The molecule has 0 aromatic heterocycles. The number of likely N-dealkylation sites (N-methyl/N-ethyl adjacent to an activating group) is 2. The summed E-state index contributed by atoms with van der Waals surface area (Å²) in [6.45, 7) is 15.4. The van der Waals surface area contributed by atoms with Gasteiger partial charge in [0.15, 0.2) is 0 Å². The van der Waals surface area contributed by atoms with Crippen LogP contribution in [0.1, 0.15) is 20.8 Å². The van der Waals surface area contributed by atoms with E-state index in [9.17, 15) is 5.21 Å². The number of ether oxygens (including phenoxy) is 1. The van der Waals surface area contributed by atoms with E-state index in [0.29, 0.717) is 12.3 Å². The van der Waals surface area contributed by atoms with Crippen LogP contribution in [0.2, 0.25) is 0 Å². The maximum absolute atomic E-state index is 9.22. The van der Waals surface area contributed by atoms with Crippen LogP contribution in [0.25, 0.3) is 0 Å². The first-order valence-corrected chi connectivity index (χ1v) is 9.08. The molecular weight excluding hydrogens is 304 g/mol. The summed E-state index contributed by atoms with van der Waals surface area (Å²) in [4.78, 5) is 7.15. The number of hydrogen-bond acceptors (Lipinski definition) is 6. The molecule has 0 amide bonds. The molecule has 0 atom stereocenters. The van der Waals surface area contributed by atoms with Crippen LogP contribution in [0.3, 0.4) is 0 Å². The fourth-order valence-corrected chi connectivity index (χ4v) is 3.09. The van der Waals surface area contributed by atoms with Crippen molar-refractivity contribution in [1.29, 1.82) is 0 Å². The van der Waals surface area contributed by atoms with Gasteiger partial charge in [0.2, 0.25) is 0 Å². The number of hydrogen-bond donors (Lipinski definition) is 2. The Kier molecular flexibility index (Phi) is 7.62. The first-order valence-electron chi connectivity index (χ1n) is 9.08. The second-order valence-electron chi connectivity index (χ2n) is 6.09. The van der Waals surface area contributed by atoms with Gasteiger partial charge in [-0.1, -0.05) is 20.8 Å². The van der Waals surface area contributed by atoms with Crippen molar-refractivity contribution in [2.24, 2.45) is 0 Å². The Morgan fingerprint density at radius 2 is 1.83 bits per heavy atom. The lowest BCUT2D eigenvalue weighted by Crippen LogP contribution is -2.46. The summed E-state index contributed by atoms with van der Waals surface area (Å²) < 4.78 is 6.07. The van der Waals surface area contributed by atoms with Crippen LogP contribution in [-0.4, -0.2) is 74.0 Å². The molecule has 0 radical (unpaired) electrons. The molecule has 136 valence electrons. The second kappa shape index (κ2) is 9.71. The van der Waals surface area contributed by atoms with Crippen molar-refractivity contribution in [2.75, 3.05) is 69.3 Å². The predicted octanol–water partition coefficient (Wildman–Crippen LogP) is 2.35. The van der Waals surface area contributed by atoms with E-state index in [2.05, 4.69) is 41.0 Å². The Morgan fingerprint density at radius 3 is 2.42 bits per heavy atom. The number of benzene rings is 1. The summed E-state index contributed by atoms with van der Waals surface area (Å²) in [7, 11) is 0. The molecule has 1 saturated heterocycles. The van der Waals surface area contributed by atoms with E-state index in [1.165, 1.54) is 0 Å². The van der Waals surface area contributed by atoms with Crippen LogP contribution in [0.4, 0.5) is 11.4 Å². The topological polar surface area (TPSA) is 51.2 Å². The summed E-state index contributed by atoms with van der Waals surface area (Å²) in [6, 6.07) is 5.76. The Balaban J connectivity index is 2.04. The number of rotatable bonds is 9. The van der Waals surface area contributed by atoms with Crippen LogP contribution < -0.4 is 15.1 Å². The summed E-state index contributed by atoms with van der Waals surface area (Å²) in [6.07, 6.45) is 0. The third kappa shape index (κ3) is 5.00. The molecule has 1 aliphatic heterocycles. The summed E-state index contributed by atoms with van der Waals surface area (Å²) >= 11 is 0. The van der Waals surface area contributed by atoms with E-state index in [1.54, 1.807) is 0 Å². The van der Waals surface area contributed by atoms with E-state index in [-0.39, 0.29) is 0 Å². The lowest BCUT2D eigenvalue weighted by Gasteiger charge is -2.36. The van der Waals surface area contributed by atoms with Crippen molar-refractivity contribution in [2.45, 2.75) is 20.8 Å². The quantitative estimate of drug-likeness (QED) is 0.675. The molecule has 1 aromatic carbocycles. The van der Waals surface area contributed by atoms with Crippen molar-refractivity contribution < 1.29 is 9.94 Å². The minimum atomic E-state index is 0.676. The molecule has 0 saturated carbocycles. The van der Waals surface area contributed by atoms with Crippen LogP contribution >= 0.6 is 0 Å². The average Bonchev–Trinajstić information content (AvgIpc) is 2.65. The van der Waals surface area contributed by atoms with Gasteiger partial charge >= 0.3 is 0 Å². The van der Waals surface area contributed by atoms with E-state index in [1.807, 2.05) is 18.2 Å². The van der Waals surface area contributed by atoms with Gasteiger partial charge in [0.25, 0.3) is 0 Å². The standard InChI is InChI=1S/C18H32N4O2/c1-4-20(5-2)13-14-24-18-8-7-16(19-23)15-17(18)22-11-9-21(6-3)10-12-22/h7-8,15,19,23H,4-6,9-14H2,1-3H3. The summed E-state index contributed by atoms with van der Waals surface area (Å²) in [5.41, 5.74) is 4.00. The van der Waals surface area contributed by atoms with Gasteiger partial charge in [-0.2, -0.15) is 0 Å². The highest BCUT2D eigenvalue weighted by molar-refractivity contribution is 5.66. The van der Waals surface area contributed by atoms with Gasteiger partial charge < -0.3 is 19.4 Å². The largest absolute Gasteiger partial charge is 0.490 e. The lowest BCUT2D eigenvalue weighted by atomic mass is 10.2. The minimum Gasteiger partial charge on any atom is -0.490 e. The van der Waals surface area contributed by atoms with Gasteiger partial charge in [0, 0.05) is 32.7 Å². The normalized spacial score (nSPS) is 15.8. The highest BCUT2D eigenvalue weighted by Gasteiger charge is 2.19. The molecule has 1 aromatic rings. The fourth-order valence-electron chi connectivity index (χ4n) is 3.09. The molecule has 0 bridgehead atoms. The molecule has 2 rings (SSSR count). The van der Waals surface area contributed by atoms with E-state index in [0.717, 1.165) is 63.8 Å². The highest BCUT2D eigenvalue weighted by atomic mass is 16.5. The molecular formula is C18H32N4O2. The Hall–Kier alpha value is -1.50. The summed E-state index contributed by atoms with van der Waals surface area (Å²) in [5.74, 6) is 0.895. The molecule has 0 unspecified atom stereocenters. The second-order valence-corrected chi connectivity index (χ2v) is 6.09. The smallest absolute Gasteiger partial charge is 0.142 e. The zero-order valence-electron chi connectivity index (χ0n) is 15.3. The van der Waals surface area contributed by atoms with Crippen LogP contribution in [0, 0.1) is 0 Å².